The highest BCUT2D eigenvalue weighted by Crippen LogP contribution is 2.21. The van der Waals surface area contributed by atoms with Gasteiger partial charge in [-0.15, -0.1) is 10.2 Å². The lowest BCUT2D eigenvalue weighted by molar-refractivity contribution is 0.244. The van der Waals surface area contributed by atoms with Crippen LogP contribution in [0.2, 0.25) is 0 Å². The molecule has 2 aliphatic rings. The summed E-state index contributed by atoms with van der Waals surface area (Å²) in [6.45, 7) is 0. The fourth-order valence-corrected chi connectivity index (χ4v) is 5.21. The fourth-order valence-electron chi connectivity index (χ4n) is 3.43. The van der Waals surface area contributed by atoms with Crippen LogP contribution in [0, 0.1) is 0 Å². The molecule has 0 spiro atoms. The lowest BCUT2D eigenvalue weighted by Gasteiger charge is -2.24. The average molecular weight is 367 g/mol. The standard InChI is InChI=1S/C16H25N5O3S/c1-21(13-9-10-25(23,24)11-13)15-8-7-14(19-20-15)18-16(22)17-12-5-3-2-4-6-12/h7-8,12-13H,2-6,9-11H2,1H3,(H2,17,18,19,22). The van der Waals surface area contributed by atoms with Gasteiger partial charge < -0.3 is 10.2 Å². The van der Waals surface area contributed by atoms with Gasteiger partial charge in [-0.05, 0) is 31.4 Å². The number of nitrogens with zero attached hydrogens (tertiary/aromatic N) is 3. The molecule has 2 heterocycles. The lowest BCUT2D eigenvalue weighted by atomic mass is 9.96. The van der Waals surface area contributed by atoms with Crippen LogP contribution in [0.25, 0.3) is 0 Å². The number of nitrogens with one attached hydrogen (secondary N) is 2. The second kappa shape index (κ2) is 7.55. The highest BCUT2D eigenvalue weighted by molar-refractivity contribution is 7.91. The molecular weight excluding hydrogens is 342 g/mol. The molecule has 2 fully saturated rings. The van der Waals surface area contributed by atoms with Gasteiger partial charge in [0.1, 0.15) is 0 Å². The van der Waals surface area contributed by atoms with Gasteiger partial charge in [0.05, 0.1) is 11.5 Å². The molecule has 0 radical (unpaired) electrons. The van der Waals surface area contributed by atoms with E-state index in [9.17, 15) is 13.2 Å². The maximum Gasteiger partial charge on any atom is 0.320 e. The van der Waals surface area contributed by atoms with Crippen molar-refractivity contribution in [1.82, 2.24) is 15.5 Å². The number of sulfone groups is 1. The van der Waals surface area contributed by atoms with Crippen molar-refractivity contribution >= 4 is 27.5 Å². The average Bonchev–Trinajstić information content (AvgIpc) is 2.96. The van der Waals surface area contributed by atoms with Gasteiger partial charge in [0.15, 0.2) is 21.5 Å². The number of hydrogen-bond acceptors (Lipinski definition) is 6. The Morgan fingerprint density at radius 1 is 1.16 bits per heavy atom. The molecule has 1 aromatic rings. The molecule has 9 heteroatoms. The largest absolute Gasteiger partial charge is 0.354 e. The van der Waals surface area contributed by atoms with E-state index in [0.717, 1.165) is 25.7 Å². The molecule has 3 rings (SSSR count). The monoisotopic (exact) mass is 367 g/mol. The first-order valence-electron chi connectivity index (χ1n) is 8.77. The van der Waals surface area contributed by atoms with Gasteiger partial charge in [-0.2, -0.15) is 0 Å². The van der Waals surface area contributed by atoms with E-state index in [1.807, 2.05) is 11.9 Å². The number of anilines is 2. The van der Waals surface area contributed by atoms with E-state index in [-0.39, 0.29) is 29.6 Å². The molecule has 1 saturated carbocycles. The summed E-state index contributed by atoms with van der Waals surface area (Å²) in [5.74, 6) is 1.34. The second-order valence-electron chi connectivity index (χ2n) is 6.88. The van der Waals surface area contributed by atoms with Crippen LogP contribution in [0.3, 0.4) is 0 Å². The van der Waals surface area contributed by atoms with E-state index in [4.69, 9.17) is 0 Å². The lowest BCUT2D eigenvalue weighted by Crippen LogP contribution is -2.39. The van der Waals surface area contributed by atoms with Gasteiger partial charge in [0.2, 0.25) is 0 Å². The highest BCUT2D eigenvalue weighted by atomic mass is 32.2. The molecule has 1 aromatic heterocycles. The van der Waals surface area contributed by atoms with Crippen molar-refractivity contribution < 1.29 is 13.2 Å². The van der Waals surface area contributed by atoms with Crippen LogP contribution in [-0.2, 0) is 9.84 Å². The number of aromatic nitrogens is 2. The minimum absolute atomic E-state index is 0.0762. The van der Waals surface area contributed by atoms with Crippen LogP contribution < -0.4 is 15.5 Å². The molecule has 0 aromatic carbocycles. The van der Waals surface area contributed by atoms with E-state index < -0.39 is 9.84 Å². The van der Waals surface area contributed by atoms with Crippen molar-refractivity contribution in [2.24, 2.45) is 0 Å². The van der Waals surface area contributed by atoms with Gasteiger partial charge in [0, 0.05) is 19.1 Å². The van der Waals surface area contributed by atoms with Gasteiger partial charge in [-0.25, -0.2) is 13.2 Å². The zero-order valence-corrected chi connectivity index (χ0v) is 15.3. The topological polar surface area (TPSA) is 104 Å². The first-order valence-corrected chi connectivity index (χ1v) is 10.6. The van der Waals surface area contributed by atoms with Crippen molar-refractivity contribution in [1.29, 1.82) is 0 Å². The predicted molar refractivity (Wildman–Crippen MR) is 96.5 cm³/mol. The Balaban J connectivity index is 1.54. The van der Waals surface area contributed by atoms with Crippen LogP contribution in [-0.4, -0.2) is 55.3 Å². The number of carbonyl (C=O) groups excluding carboxylic acids is 1. The van der Waals surface area contributed by atoms with E-state index in [2.05, 4.69) is 20.8 Å². The fraction of sp³-hybridized carbons (Fsp3) is 0.688. The minimum atomic E-state index is -2.94. The van der Waals surface area contributed by atoms with Crippen LogP contribution in [0.4, 0.5) is 16.4 Å². The Kier molecular flexibility index (Phi) is 5.41. The Morgan fingerprint density at radius 2 is 1.92 bits per heavy atom. The van der Waals surface area contributed by atoms with Gasteiger partial charge >= 0.3 is 6.03 Å². The van der Waals surface area contributed by atoms with Crippen LogP contribution >= 0.6 is 0 Å². The van der Waals surface area contributed by atoms with E-state index >= 15 is 0 Å². The number of rotatable bonds is 4. The molecule has 1 aliphatic carbocycles. The maximum absolute atomic E-state index is 12.0. The Labute approximate surface area is 148 Å². The molecule has 25 heavy (non-hydrogen) atoms. The number of urea groups is 1. The van der Waals surface area contributed by atoms with Gasteiger partial charge in [-0.3, -0.25) is 5.32 Å². The molecule has 138 valence electrons. The Hall–Kier alpha value is -1.90. The second-order valence-corrected chi connectivity index (χ2v) is 9.11. The van der Waals surface area contributed by atoms with Crippen molar-refractivity contribution in [3.8, 4) is 0 Å². The van der Waals surface area contributed by atoms with E-state index in [0.29, 0.717) is 18.1 Å². The summed E-state index contributed by atoms with van der Waals surface area (Å²) in [4.78, 5) is 13.8. The molecular formula is C16H25N5O3S. The quantitative estimate of drug-likeness (QED) is 0.837. The maximum atomic E-state index is 12.0. The van der Waals surface area contributed by atoms with Crippen LogP contribution in [0.5, 0.6) is 0 Å². The summed E-state index contributed by atoms with van der Waals surface area (Å²) in [6, 6.07) is 3.32. The summed E-state index contributed by atoms with van der Waals surface area (Å²) in [6.07, 6.45) is 6.19. The summed E-state index contributed by atoms with van der Waals surface area (Å²) in [5, 5.41) is 13.8. The van der Waals surface area contributed by atoms with Crippen LogP contribution in [0.15, 0.2) is 12.1 Å². The molecule has 0 bridgehead atoms. The summed E-state index contributed by atoms with van der Waals surface area (Å²) in [7, 11) is -1.12. The van der Waals surface area contributed by atoms with E-state index in [1.165, 1.54) is 6.42 Å². The molecule has 1 aliphatic heterocycles. The summed E-state index contributed by atoms with van der Waals surface area (Å²) in [5.41, 5.74) is 0. The van der Waals surface area contributed by atoms with Gasteiger partial charge in [-0.1, -0.05) is 19.3 Å². The molecule has 8 nitrogen and oxygen atoms in total. The Bertz CT molecular complexity index is 701. The smallest absolute Gasteiger partial charge is 0.320 e. The molecule has 1 saturated heterocycles. The zero-order chi connectivity index (χ0) is 17.9. The summed E-state index contributed by atoms with van der Waals surface area (Å²) < 4.78 is 23.2. The van der Waals surface area contributed by atoms with Gasteiger partial charge in [0.25, 0.3) is 0 Å². The molecule has 1 unspecified atom stereocenters. The predicted octanol–water partition coefficient (Wildman–Crippen LogP) is 1.55. The number of hydrogen-bond donors (Lipinski definition) is 2. The zero-order valence-electron chi connectivity index (χ0n) is 14.4. The first kappa shape index (κ1) is 17.9. The van der Waals surface area contributed by atoms with Crippen molar-refractivity contribution in [3.63, 3.8) is 0 Å². The highest BCUT2D eigenvalue weighted by Gasteiger charge is 2.31. The third kappa shape index (κ3) is 4.81. The van der Waals surface area contributed by atoms with Crippen molar-refractivity contribution in [2.75, 3.05) is 28.8 Å². The SMILES string of the molecule is CN(c1ccc(NC(=O)NC2CCCCC2)nn1)C1CCS(=O)(=O)C1. The first-order chi connectivity index (χ1) is 11.9. The Morgan fingerprint density at radius 3 is 2.52 bits per heavy atom. The minimum Gasteiger partial charge on any atom is -0.354 e. The van der Waals surface area contributed by atoms with Crippen LogP contribution in [0.1, 0.15) is 38.5 Å². The normalized spacial score (nSPS) is 23.2. The third-order valence-corrected chi connectivity index (χ3v) is 6.70. The van der Waals surface area contributed by atoms with Crippen molar-refractivity contribution in [2.45, 2.75) is 50.6 Å². The van der Waals surface area contributed by atoms with Crippen molar-refractivity contribution in [3.05, 3.63) is 12.1 Å². The molecule has 1 atom stereocenters. The summed E-state index contributed by atoms with van der Waals surface area (Å²) >= 11 is 0. The molecule has 2 N–H and O–H groups in total. The molecule has 2 amide bonds. The number of carbonyl (C=O) groups is 1. The number of amides is 2. The third-order valence-electron chi connectivity index (χ3n) is 4.95. The van der Waals surface area contributed by atoms with E-state index in [1.54, 1.807) is 12.1 Å².